The van der Waals surface area contributed by atoms with Gasteiger partial charge in [-0.25, -0.2) is 9.78 Å². The lowest BCUT2D eigenvalue weighted by Gasteiger charge is -2.08. The molecule has 0 saturated heterocycles. The number of anilines is 2. The van der Waals surface area contributed by atoms with Crippen LogP contribution in [0.25, 0.3) is 22.4 Å². The Morgan fingerprint density at radius 2 is 1.46 bits per heavy atom. The van der Waals surface area contributed by atoms with Crippen LogP contribution in [-0.2, 0) is 0 Å². The van der Waals surface area contributed by atoms with Crippen LogP contribution in [0.15, 0.2) is 72.8 Å². The Bertz CT molecular complexity index is 1020. The molecule has 0 unspecified atom stereocenters. The summed E-state index contributed by atoms with van der Waals surface area (Å²) in [4.78, 5) is 19.9. The van der Waals surface area contributed by atoms with E-state index in [-0.39, 0.29) is 6.03 Å². The Kier molecular flexibility index (Phi) is 4.29. The molecule has 4 aromatic rings. The molecular weight excluding hydrogens is 348 g/mol. The van der Waals surface area contributed by atoms with E-state index in [0.717, 1.165) is 22.4 Å². The molecule has 1 aromatic heterocycles. The van der Waals surface area contributed by atoms with Gasteiger partial charge in [0, 0.05) is 22.0 Å². The maximum Gasteiger partial charge on any atom is 0.323 e. The van der Waals surface area contributed by atoms with Crippen LogP contribution < -0.4 is 10.6 Å². The smallest absolute Gasteiger partial charge is 0.323 e. The molecule has 0 atom stereocenters. The largest absolute Gasteiger partial charge is 0.338 e. The average Bonchev–Trinajstić information content (AvgIpc) is 3.08. The van der Waals surface area contributed by atoms with Crippen molar-refractivity contribution in [3.63, 3.8) is 0 Å². The molecular formula is C20H15ClN4O. The topological polar surface area (TPSA) is 69.8 Å². The first-order valence-corrected chi connectivity index (χ1v) is 8.44. The van der Waals surface area contributed by atoms with E-state index in [1.165, 1.54) is 0 Å². The number of hydrogen-bond donors (Lipinski definition) is 3. The maximum atomic E-state index is 12.1. The molecule has 0 spiro atoms. The van der Waals surface area contributed by atoms with Gasteiger partial charge in [0.2, 0.25) is 0 Å². The van der Waals surface area contributed by atoms with Gasteiger partial charge in [0.15, 0.2) is 0 Å². The summed E-state index contributed by atoms with van der Waals surface area (Å²) in [5.74, 6) is 0.795. The SMILES string of the molecule is O=C(Nc1ccc(Cl)cc1)Nc1ccc(-c2nc3ccccc3[nH]2)cc1. The third-order valence-corrected chi connectivity index (χ3v) is 4.16. The standard InChI is InChI=1S/C20H15ClN4O/c21-14-7-11-16(12-8-14)23-20(26)22-15-9-5-13(6-10-15)19-24-17-3-1-2-4-18(17)25-19/h1-12H,(H,24,25)(H2,22,23,26). The van der Waals surface area contributed by atoms with Gasteiger partial charge in [-0.15, -0.1) is 0 Å². The van der Waals surface area contributed by atoms with E-state index in [9.17, 15) is 4.79 Å². The molecule has 128 valence electrons. The van der Waals surface area contributed by atoms with E-state index < -0.39 is 0 Å². The lowest BCUT2D eigenvalue weighted by atomic mass is 10.2. The zero-order valence-electron chi connectivity index (χ0n) is 13.7. The molecule has 0 aliphatic heterocycles. The van der Waals surface area contributed by atoms with Crippen molar-refractivity contribution in [2.45, 2.75) is 0 Å². The quantitative estimate of drug-likeness (QED) is 0.448. The number of nitrogens with one attached hydrogen (secondary N) is 3. The van der Waals surface area contributed by atoms with E-state index in [4.69, 9.17) is 11.6 Å². The van der Waals surface area contributed by atoms with E-state index in [0.29, 0.717) is 16.4 Å². The molecule has 5 nitrogen and oxygen atoms in total. The first-order chi connectivity index (χ1) is 12.7. The second-order valence-corrected chi connectivity index (χ2v) is 6.20. The fraction of sp³-hybridized carbons (Fsp3) is 0. The minimum absolute atomic E-state index is 0.316. The average molecular weight is 363 g/mol. The van der Waals surface area contributed by atoms with Crippen molar-refractivity contribution in [2.24, 2.45) is 0 Å². The van der Waals surface area contributed by atoms with Crippen LogP contribution in [0.1, 0.15) is 0 Å². The zero-order valence-corrected chi connectivity index (χ0v) is 14.4. The highest BCUT2D eigenvalue weighted by atomic mass is 35.5. The zero-order chi connectivity index (χ0) is 17.9. The van der Waals surface area contributed by atoms with Crippen LogP contribution in [0.3, 0.4) is 0 Å². The minimum atomic E-state index is -0.316. The van der Waals surface area contributed by atoms with Gasteiger partial charge in [0.05, 0.1) is 11.0 Å². The predicted octanol–water partition coefficient (Wildman–Crippen LogP) is 5.53. The fourth-order valence-electron chi connectivity index (χ4n) is 2.63. The summed E-state index contributed by atoms with van der Waals surface area (Å²) in [5.41, 5.74) is 4.23. The van der Waals surface area contributed by atoms with Gasteiger partial charge in [0.25, 0.3) is 0 Å². The molecule has 0 bridgehead atoms. The number of benzene rings is 3. The van der Waals surface area contributed by atoms with Crippen LogP contribution in [0, 0.1) is 0 Å². The number of imidazole rings is 1. The van der Waals surface area contributed by atoms with Gasteiger partial charge >= 0.3 is 6.03 Å². The Balaban J connectivity index is 1.45. The molecule has 0 aliphatic carbocycles. The van der Waals surface area contributed by atoms with Crippen molar-refractivity contribution in [1.82, 2.24) is 9.97 Å². The molecule has 0 saturated carbocycles. The number of amides is 2. The van der Waals surface area contributed by atoms with Crippen molar-refractivity contribution >= 4 is 40.0 Å². The number of nitrogens with zero attached hydrogens (tertiary/aromatic N) is 1. The molecule has 1 heterocycles. The number of rotatable bonds is 3. The number of carbonyl (C=O) groups is 1. The molecule has 3 aromatic carbocycles. The highest BCUT2D eigenvalue weighted by molar-refractivity contribution is 6.30. The van der Waals surface area contributed by atoms with Gasteiger partial charge in [-0.05, 0) is 60.7 Å². The third kappa shape index (κ3) is 3.53. The molecule has 0 fully saturated rings. The van der Waals surface area contributed by atoms with Crippen LogP contribution in [0.4, 0.5) is 16.2 Å². The normalized spacial score (nSPS) is 10.7. The minimum Gasteiger partial charge on any atom is -0.338 e. The van der Waals surface area contributed by atoms with E-state index >= 15 is 0 Å². The molecule has 4 rings (SSSR count). The monoisotopic (exact) mass is 362 g/mol. The first-order valence-electron chi connectivity index (χ1n) is 8.06. The van der Waals surface area contributed by atoms with Gasteiger partial charge in [-0.2, -0.15) is 0 Å². The van der Waals surface area contributed by atoms with Gasteiger partial charge in [-0.1, -0.05) is 23.7 Å². The number of halogens is 1. The van der Waals surface area contributed by atoms with Crippen molar-refractivity contribution in [2.75, 3.05) is 10.6 Å². The summed E-state index contributed by atoms with van der Waals surface area (Å²) < 4.78 is 0. The van der Waals surface area contributed by atoms with E-state index in [1.807, 2.05) is 48.5 Å². The second kappa shape index (κ2) is 6.90. The Labute approximate surface area is 155 Å². The first kappa shape index (κ1) is 16.2. The Morgan fingerprint density at radius 1 is 0.846 bits per heavy atom. The second-order valence-electron chi connectivity index (χ2n) is 5.77. The Morgan fingerprint density at radius 3 is 2.12 bits per heavy atom. The van der Waals surface area contributed by atoms with Gasteiger partial charge in [0.1, 0.15) is 5.82 Å². The highest BCUT2D eigenvalue weighted by Crippen LogP contribution is 2.22. The summed E-state index contributed by atoms with van der Waals surface area (Å²) in [6.07, 6.45) is 0. The molecule has 0 aliphatic rings. The van der Waals surface area contributed by atoms with Crippen molar-refractivity contribution < 1.29 is 4.79 Å². The third-order valence-electron chi connectivity index (χ3n) is 3.91. The molecule has 6 heteroatoms. The summed E-state index contributed by atoms with van der Waals surface area (Å²) >= 11 is 5.83. The van der Waals surface area contributed by atoms with Crippen molar-refractivity contribution in [3.8, 4) is 11.4 Å². The number of para-hydroxylation sites is 2. The number of fused-ring (bicyclic) bond motifs is 1. The highest BCUT2D eigenvalue weighted by Gasteiger charge is 2.06. The predicted molar refractivity (Wildman–Crippen MR) is 106 cm³/mol. The number of carbonyl (C=O) groups excluding carboxylic acids is 1. The number of aromatic amines is 1. The van der Waals surface area contributed by atoms with Gasteiger partial charge < -0.3 is 15.6 Å². The molecule has 0 radical (unpaired) electrons. The molecule has 2 amide bonds. The van der Waals surface area contributed by atoms with Gasteiger partial charge in [-0.3, -0.25) is 0 Å². The van der Waals surface area contributed by atoms with Crippen LogP contribution in [0.2, 0.25) is 5.02 Å². The lowest BCUT2D eigenvalue weighted by molar-refractivity contribution is 0.262. The Hall–Kier alpha value is -3.31. The van der Waals surface area contributed by atoms with E-state index in [1.54, 1.807) is 24.3 Å². The number of urea groups is 1. The summed E-state index contributed by atoms with van der Waals surface area (Å²) in [6, 6.07) is 22.0. The summed E-state index contributed by atoms with van der Waals surface area (Å²) in [6.45, 7) is 0. The van der Waals surface area contributed by atoms with Crippen molar-refractivity contribution in [1.29, 1.82) is 0 Å². The fourth-order valence-corrected chi connectivity index (χ4v) is 2.75. The number of aromatic nitrogens is 2. The van der Waals surface area contributed by atoms with Crippen LogP contribution in [-0.4, -0.2) is 16.0 Å². The van der Waals surface area contributed by atoms with Crippen LogP contribution in [0.5, 0.6) is 0 Å². The maximum absolute atomic E-state index is 12.1. The molecule has 26 heavy (non-hydrogen) atoms. The lowest BCUT2D eigenvalue weighted by Crippen LogP contribution is -2.19. The molecule has 3 N–H and O–H groups in total. The number of H-pyrrole nitrogens is 1. The number of hydrogen-bond acceptors (Lipinski definition) is 2. The van der Waals surface area contributed by atoms with Crippen LogP contribution >= 0.6 is 11.6 Å². The summed E-state index contributed by atoms with van der Waals surface area (Å²) in [7, 11) is 0. The van der Waals surface area contributed by atoms with E-state index in [2.05, 4.69) is 20.6 Å². The summed E-state index contributed by atoms with van der Waals surface area (Å²) in [5, 5.41) is 6.17. The van der Waals surface area contributed by atoms with Crippen molar-refractivity contribution in [3.05, 3.63) is 77.8 Å².